The second-order valence-electron chi connectivity index (χ2n) is 11.3. The van der Waals surface area contributed by atoms with Crippen molar-refractivity contribution < 1.29 is 27.1 Å². The van der Waals surface area contributed by atoms with E-state index in [1.165, 1.54) is 30.7 Å². The summed E-state index contributed by atoms with van der Waals surface area (Å²) in [4.78, 5) is 25.7. The molecule has 12 heteroatoms. The van der Waals surface area contributed by atoms with Crippen LogP contribution in [0, 0.1) is 30.6 Å². The van der Waals surface area contributed by atoms with E-state index in [1.807, 2.05) is 6.92 Å². The Bertz CT molecular complexity index is 1950. The number of aliphatic carboxylic acids is 1. The molecule has 3 saturated carbocycles. The van der Waals surface area contributed by atoms with E-state index in [0.29, 0.717) is 28.2 Å². The fourth-order valence-electron chi connectivity index (χ4n) is 6.61. The maximum absolute atomic E-state index is 14.4. The fraction of sp³-hybridized carbons (Fsp3) is 0.290. The average molecular weight is 602 g/mol. The smallest absolute Gasteiger partial charge is 0.308 e. The van der Waals surface area contributed by atoms with Crippen LogP contribution in [0.4, 0.5) is 10.2 Å². The van der Waals surface area contributed by atoms with Crippen LogP contribution < -0.4 is 5.32 Å². The van der Waals surface area contributed by atoms with Crippen molar-refractivity contribution in [2.24, 2.45) is 17.8 Å². The van der Waals surface area contributed by atoms with Crippen LogP contribution in [0.1, 0.15) is 31.2 Å². The maximum atomic E-state index is 14.4. The zero-order valence-corrected chi connectivity index (χ0v) is 24.0. The second kappa shape index (κ2) is 10.3. The van der Waals surface area contributed by atoms with Gasteiger partial charge in [-0.3, -0.25) is 4.79 Å². The van der Waals surface area contributed by atoms with E-state index < -0.39 is 27.9 Å². The highest BCUT2D eigenvalue weighted by Crippen LogP contribution is 2.46. The number of aromatic nitrogens is 4. The van der Waals surface area contributed by atoms with Crippen molar-refractivity contribution in [1.29, 1.82) is 0 Å². The highest BCUT2D eigenvalue weighted by molar-refractivity contribution is 7.90. The largest absolute Gasteiger partial charge is 0.481 e. The van der Waals surface area contributed by atoms with Gasteiger partial charge in [0.05, 0.1) is 17.1 Å². The van der Waals surface area contributed by atoms with Gasteiger partial charge in [-0.05, 0) is 80.8 Å². The standard InChI is InChI=1S/C31H28FN5O5S/c1-17-4-10-20(11-5-17)43(40,41)37-16-22(21-12-13-25(32)34-30(21)37)29-33-23(24-3-2-14-42-24)15-26(36-29)35-28-19-8-6-18(7-9-19)27(28)31(38)39/h2-5,10-16,18-19,27-28H,6-9H2,1H3,(H,38,39)(H,33,35,36). The number of carboxylic acid groups (broad SMARTS) is 1. The quantitative estimate of drug-likeness (QED) is 0.224. The van der Waals surface area contributed by atoms with Crippen molar-refractivity contribution in [3.63, 3.8) is 0 Å². The number of aryl methyl sites for hydroxylation is 1. The lowest BCUT2D eigenvalue weighted by atomic mass is 9.61. The third-order valence-electron chi connectivity index (χ3n) is 8.72. The summed E-state index contributed by atoms with van der Waals surface area (Å²) in [6.45, 7) is 1.85. The van der Waals surface area contributed by atoms with Gasteiger partial charge in [0, 0.05) is 29.3 Å². The first-order valence-electron chi connectivity index (χ1n) is 14.1. The van der Waals surface area contributed by atoms with Crippen LogP contribution in [-0.2, 0) is 14.8 Å². The molecular formula is C31H28FN5O5S. The number of furan rings is 1. The summed E-state index contributed by atoms with van der Waals surface area (Å²) in [5.41, 5.74) is 1.52. The number of benzene rings is 1. The van der Waals surface area contributed by atoms with Crippen LogP contribution in [0.2, 0.25) is 0 Å². The Labute approximate surface area is 246 Å². The molecule has 4 aromatic heterocycles. The molecule has 2 bridgehead atoms. The van der Waals surface area contributed by atoms with E-state index in [9.17, 15) is 22.7 Å². The predicted molar refractivity (Wildman–Crippen MR) is 156 cm³/mol. The molecule has 0 aliphatic heterocycles. The number of pyridine rings is 1. The minimum atomic E-state index is -4.16. The Balaban J connectivity index is 1.38. The zero-order chi connectivity index (χ0) is 29.9. The number of halogens is 1. The topological polar surface area (TPSA) is 140 Å². The maximum Gasteiger partial charge on any atom is 0.308 e. The molecular weight excluding hydrogens is 573 g/mol. The van der Waals surface area contributed by atoms with E-state index in [-0.39, 0.29) is 34.2 Å². The van der Waals surface area contributed by atoms with Gasteiger partial charge < -0.3 is 14.8 Å². The Morgan fingerprint density at radius 1 is 1.02 bits per heavy atom. The minimum Gasteiger partial charge on any atom is -0.481 e. The molecule has 3 fully saturated rings. The fourth-order valence-corrected chi connectivity index (χ4v) is 7.93. The number of carbonyl (C=O) groups is 1. The van der Waals surface area contributed by atoms with E-state index in [4.69, 9.17) is 14.4 Å². The Morgan fingerprint density at radius 2 is 1.77 bits per heavy atom. The van der Waals surface area contributed by atoms with E-state index in [1.54, 1.807) is 30.3 Å². The molecule has 1 aromatic carbocycles. The molecule has 0 radical (unpaired) electrons. The molecule has 4 heterocycles. The van der Waals surface area contributed by atoms with Gasteiger partial charge >= 0.3 is 5.97 Å². The van der Waals surface area contributed by atoms with Gasteiger partial charge in [-0.15, -0.1) is 0 Å². The molecule has 220 valence electrons. The molecule has 0 saturated heterocycles. The van der Waals surface area contributed by atoms with Crippen LogP contribution in [0.25, 0.3) is 33.9 Å². The second-order valence-corrected chi connectivity index (χ2v) is 13.1. The van der Waals surface area contributed by atoms with Crippen molar-refractivity contribution in [3.05, 3.63) is 78.6 Å². The lowest BCUT2D eigenvalue weighted by Crippen LogP contribution is -2.51. The van der Waals surface area contributed by atoms with Crippen LogP contribution in [0.3, 0.4) is 0 Å². The summed E-state index contributed by atoms with van der Waals surface area (Å²) >= 11 is 0. The third kappa shape index (κ3) is 4.75. The van der Waals surface area contributed by atoms with Crippen molar-refractivity contribution in [1.82, 2.24) is 18.9 Å². The van der Waals surface area contributed by atoms with Crippen molar-refractivity contribution >= 4 is 32.8 Å². The lowest BCUT2D eigenvalue weighted by molar-refractivity contribution is -0.148. The molecule has 3 aliphatic rings. The third-order valence-corrected chi connectivity index (χ3v) is 10.4. The van der Waals surface area contributed by atoms with Gasteiger partial charge in [0.2, 0.25) is 5.95 Å². The first-order valence-corrected chi connectivity index (χ1v) is 15.6. The van der Waals surface area contributed by atoms with Gasteiger partial charge in [0.25, 0.3) is 10.0 Å². The molecule has 0 spiro atoms. The van der Waals surface area contributed by atoms with Crippen LogP contribution in [0.15, 0.2) is 76.4 Å². The number of fused-ring (bicyclic) bond motifs is 4. The van der Waals surface area contributed by atoms with E-state index >= 15 is 0 Å². The minimum absolute atomic E-state index is 0.0206. The number of anilines is 1. The number of nitrogens with zero attached hydrogens (tertiary/aromatic N) is 4. The van der Waals surface area contributed by atoms with Gasteiger partial charge in [-0.25, -0.2) is 27.3 Å². The van der Waals surface area contributed by atoms with Crippen LogP contribution in [-0.4, -0.2) is 44.5 Å². The zero-order valence-electron chi connectivity index (χ0n) is 23.1. The SMILES string of the molecule is Cc1ccc(S(=O)(=O)n2cc(-c3nc(NC4C5CCC(CC5)C4C(=O)O)cc(-c4ccco4)n3)c3ccc(F)nc32)cc1. The van der Waals surface area contributed by atoms with Crippen molar-refractivity contribution in [3.8, 4) is 22.8 Å². The van der Waals surface area contributed by atoms with Gasteiger partial charge in [-0.1, -0.05) is 17.7 Å². The van der Waals surface area contributed by atoms with Crippen LogP contribution in [0.5, 0.6) is 0 Å². The molecule has 5 aromatic rings. The molecule has 8 rings (SSSR count). The molecule has 10 nitrogen and oxygen atoms in total. The van der Waals surface area contributed by atoms with E-state index in [0.717, 1.165) is 41.3 Å². The van der Waals surface area contributed by atoms with E-state index in [2.05, 4.69) is 10.3 Å². The summed E-state index contributed by atoms with van der Waals surface area (Å²) in [6, 6.07) is 13.8. The predicted octanol–water partition coefficient (Wildman–Crippen LogP) is 5.74. The highest BCUT2D eigenvalue weighted by Gasteiger charge is 2.47. The van der Waals surface area contributed by atoms with Crippen LogP contribution >= 0.6 is 0 Å². The summed E-state index contributed by atoms with van der Waals surface area (Å²) in [6.07, 6.45) is 6.53. The lowest BCUT2D eigenvalue weighted by Gasteiger charge is -2.47. The first-order chi connectivity index (χ1) is 20.7. The van der Waals surface area contributed by atoms with Crippen molar-refractivity contribution in [2.45, 2.75) is 43.5 Å². The Kier molecular flexibility index (Phi) is 6.53. The van der Waals surface area contributed by atoms with Gasteiger partial charge in [-0.2, -0.15) is 4.39 Å². The summed E-state index contributed by atoms with van der Waals surface area (Å²) in [7, 11) is -4.16. The first kappa shape index (κ1) is 27.3. The summed E-state index contributed by atoms with van der Waals surface area (Å²) in [5, 5.41) is 13.8. The molecule has 3 aliphatic carbocycles. The highest BCUT2D eigenvalue weighted by atomic mass is 32.2. The summed E-state index contributed by atoms with van der Waals surface area (Å²) < 4.78 is 48.5. The average Bonchev–Trinajstić information content (AvgIpc) is 3.67. The summed E-state index contributed by atoms with van der Waals surface area (Å²) in [5.74, 6) is -0.944. The number of hydrogen-bond donors (Lipinski definition) is 2. The number of hydrogen-bond acceptors (Lipinski definition) is 8. The molecule has 0 amide bonds. The molecule has 2 atom stereocenters. The number of rotatable bonds is 7. The Hall–Kier alpha value is -4.58. The van der Waals surface area contributed by atoms with Gasteiger partial charge in [0.15, 0.2) is 17.2 Å². The monoisotopic (exact) mass is 601 g/mol. The Morgan fingerprint density at radius 3 is 2.47 bits per heavy atom. The number of nitrogens with one attached hydrogen (secondary N) is 1. The number of carboxylic acids is 1. The molecule has 2 N–H and O–H groups in total. The normalized spacial score (nSPS) is 21.7. The van der Waals surface area contributed by atoms with Gasteiger partial charge in [0.1, 0.15) is 11.5 Å². The molecule has 2 unspecified atom stereocenters. The molecule has 43 heavy (non-hydrogen) atoms. The van der Waals surface area contributed by atoms with Crippen molar-refractivity contribution in [2.75, 3.05) is 5.32 Å².